The van der Waals surface area contributed by atoms with Gasteiger partial charge in [0.15, 0.2) is 0 Å². The summed E-state index contributed by atoms with van der Waals surface area (Å²) in [5.74, 6) is 0. The molecule has 0 heterocycles. The van der Waals surface area contributed by atoms with Gasteiger partial charge in [0, 0.05) is 11.0 Å². The van der Waals surface area contributed by atoms with Gasteiger partial charge in [-0.05, 0) is 30.2 Å². The lowest BCUT2D eigenvalue weighted by molar-refractivity contribution is 0.186. The van der Waals surface area contributed by atoms with E-state index < -0.39 is 6.10 Å². The Bertz CT molecular complexity index is 275. The molecule has 1 atom stereocenters. The van der Waals surface area contributed by atoms with Gasteiger partial charge < -0.3 is 10.8 Å². The molecule has 3 heteroatoms. The minimum absolute atomic E-state index is 0.261. The van der Waals surface area contributed by atoms with Gasteiger partial charge in [-0.15, -0.1) is 0 Å². The van der Waals surface area contributed by atoms with E-state index in [9.17, 15) is 5.11 Å². The first-order chi connectivity index (χ1) is 5.65. The fourth-order valence-electron chi connectivity index (χ4n) is 1.10. The largest absolute Gasteiger partial charge is 0.387 e. The highest BCUT2D eigenvalue weighted by Crippen LogP contribution is 2.21. The molecule has 0 aromatic heterocycles. The van der Waals surface area contributed by atoms with Gasteiger partial charge in [-0.25, -0.2) is 0 Å². The average Bonchev–Trinajstić information content (AvgIpc) is 2.08. The van der Waals surface area contributed by atoms with Crippen molar-refractivity contribution in [1.29, 1.82) is 0 Å². The molecular weight excluding hydrogens is 218 g/mol. The van der Waals surface area contributed by atoms with Gasteiger partial charge in [0.25, 0.3) is 0 Å². The van der Waals surface area contributed by atoms with E-state index in [1.807, 2.05) is 25.1 Å². The third kappa shape index (κ3) is 2.06. The summed E-state index contributed by atoms with van der Waals surface area (Å²) in [5, 5.41) is 9.49. The first-order valence-electron chi connectivity index (χ1n) is 3.79. The lowest BCUT2D eigenvalue weighted by Gasteiger charge is -2.11. The van der Waals surface area contributed by atoms with E-state index in [0.717, 1.165) is 15.6 Å². The van der Waals surface area contributed by atoms with E-state index >= 15 is 0 Å². The molecule has 12 heavy (non-hydrogen) atoms. The molecule has 0 spiro atoms. The third-order valence-corrected chi connectivity index (χ3v) is 2.32. The molecule has 1 aromatic carbocycles. The van der Waals surface area contributed by atoms with Crippen molar-refractivity contribution in [2.45, 2.75) is 13.0 Å². The number of rotatable bonds is 2. The van der Waals surface area contributed by atoms with E-state index in [1.54, 1.807) is 0 Å². The van der Waals surface area contributed by atoms with Crippen molar-refractivity contribution in [1.82, 2.24) is 0 Å². The minimum Gasteiger partial charge on any atom is -0.387 e. The highest BCUT2D eigenvalue weighted by molar-refractivity contribution is 9.10. The van der Waals surface area contributed by atoms with Crippen LogP contribution in [-0.4, -0.2) is 11.7 Å². The maximum absolute atomic E-state index is 9.49. The second kappa shape index (κ2) is 4.03. The summed E-state index contributed by atoms with van der Waals surface area (Å²) < 4.78 is 0.968. The predicted molar refractivity (Wildman–Crippen MR) is 52.9 cm³/mol. The molecule has 0 radical (unpaired) electrons. The maximum atomic E-state index is 9.49. The van der Waals surface area contributed by atoms with Crippen LogP contribution in [0, 0.1) is 6.92 Å². The zero-order valence-corrected chi connectivity index (χ0v) is 8.51. The molecular formula is C9H12BrNO. The van der Waals surface area contributed by atoms with Gasteiger partial charge >= 0.3 is 0 Å². The Kier molecular flexibility index (Phi) is 3.26. The van der Waals surface area contributed by atoms with Crippen molar-refractivity contribution in [2.24, 2.45) is 5.73 Å². The number of hydrogen-bond acceptors (Lipinski definition) is 2. The predicted octanol–water partition coefficient (Wildman–Crippen LogP) is 1.75. The Labute approximate surface area is 80.5 Å². The molecule has 0 unspecified atom stereocenters. The monoisotopic (exact) mass is 229 g/mol. The summed E-state index contributed by atoms with van der Waals surface area (Å²) in [6.07, 6.45) is -0.553. The van der Waals surface area contributed by atoms with Crippen LogP contribution in [0.1, 0.15) is 17.2 Å². The van der Waals surface area contributed by atoms with Crippen LogP contribution in [-0.2, 0) is 0 Å². The van der Waals surface area contributed by atoms with E-state index in [1.165, 1.54) is 0 Å². The van der Waals surface area contributed by atoms with Crippen LogP contribution >= 0.6 is 15.9 Å². The molecule has 0 aliphatic rings. The number of halogens is 1. The van der Waals surface area contributed by atoms with Crippen molar-refractivity contribution >= 4 is 15.9 Å². The van der Waals surface area contributed by atoms with Crippen LogP contribution in [0.4, 0.5) is 0 Å². The van der Waals surface area contributed by atoms with Crippen molar-refractivity contribution < 1.29 is 5.11 Å². The molecule has 2 nitrogen and oxygen atoms in total. The van der Waals surface area contributed by atoms with Crippen molar-refractivity contribution in [3.05, 3.63) is 33.8 Å². The molecule has 0 aliphatic heterocycles. The van der Waals surface area contributed by atoms with Crippen molar-refractivity contribution in [2.75, 3.05) is 6.54 Å². The number of benzene rings is 1. The number of nitrogens with two attached hydrogens (primary N) is 1. The van der Waals surface area contributed by atoms with Crippen LogP contribution in [0.3, 0.4) is 0 Å². The molecule has 0 bridgehead atoms. The zero-order chi connectivity index (χ0) is 9.14. The zero-order valence-electron chi connectivity index (χ0n) is 6.92. The van der Waals surface area contributed by atoms with Crippen molar-refractivity contribution in [3.8, 4) is 0 Å². The van der Waals surface area contributed by atoms with Gasteiger partial charge in [-0.2, -0.15) is 0 Å². The number of aliphatic hydroxyl groups excluding tert-OH is 1. The van der Waals surface area contributed by atoms with Gasteiger partial charge in [-0.1, -0.05) is 22.0 Å². The van der Waals surface area contributed by atoms with E-state index in [-0.39, 0.29) is 6.54 Å². The lowest BCUT2D eigenvalue weighted by Crippen LogP contribution is -2.12. The van der Waals surface area contributed by atoms with Crippen LogP contribution in [0.2, 0.25) is 0 Å². The first kappa shape index (κ1) is 9.71. The molecule has 0 aliphatic carbocycles. The van der Waals surface area contributed by atoms with E-state index in [2.05, 4.69) is 15.9 Å². The number of aryl methyl sites for hydroxylation is 1. The highest BCUT2D eigenvalue weighted by atomic mass is 79.9. The first-order valence-corrected chi connectivity index (χ1v) is 4.58. The molecule has 66 valence electrons. The second-order valence-electron chi connectivity index (χ2n) is 2.75. The van der Waals surface area contributed by atoms with E-state index in [0.29, 0.717) is 0 Å². The SMILES string of the molecule is Cc1ccc(Br)cc1[C@H](O)CN. The second-order valence-corrected chi connectivity index (χ2v) is 3.67. The summed E-state index contributed by atoms with van der Waals surface area (Å²) in [4.78, 5) is 0. The fourth-order valence-corrected chi connectivity index (χ4v) is 1.48. The quantitative estimate of drug-likeness (QED) is 0.812. The van der Waals surface area contributed by atoms with Gasteiger partial charge in [0.2, 0.25) is 0 Å². The molecule has 3 N–H and O–H groups in total. The Balaban J connectivity index is 3.04. The van der Waals surface area contributed by atoms with Crippen LogP contribution < -0.4 is 5.73 Å². The lowest BCUT2D eigenvalue weighted by atomic mass is 10.0. The van der Waals surface area contributed by atoms with Gasteiger partial charge in [-0.3, -0.25) is 0 Å². The minimum atomic E-state index is -0.553. The summed E-state index contributed by atoms with van der Waals surface area (Å²) in [5.41, 5.74) is 7.32. The average molecular weight is 230 g/mol. The standard InChI is InChI=1S/C9H12BrNO/c1-6-2-3-7(10)4-8(6)9(12)5-11/h2-4,9,12H,5,11H2,1H3/t9-/m1/s1. The normalized spacial score (nSPS) is 13.0. The summed E-state index contributed by atoms with van der Waals surface area (Å²) >= 11 is 3.34. The summed E-state index contributed by atoms with van der Waals surface area (Å²) in [7, 11) is 0. The van der Waals surface area contributed by atoms with Crippen LogP contribution in [0.25, 0.3) is 0 Å². The number of aliphatic hydroxyl groups is 1. The Morgan fingerprint density at radius 1 is 1.58 bits per heavy atom. The fraction of sp³-hybridized carbons (Fsp3) is 0.333. The maximum Gasteiger partial charge on any atom is 0.0915 e. The third-order valence-electron chi connectivity index (χ3n) is 1.82. The molecule has 1 rings (SSSR count). The van der Waals surface area contributed by atoms with Gasteiger partial charge in [0.1, 0.15) is 0 Å². The molecule has 0 fully saturated rings. The summed E-state index contributed by atoms with van der Waals surface area (Å²) in [6, 6.07) is 5.80. The highest BCUT2D eigenvalue weighted by Gasteiger charge is 2.07. The smallest absolute Gasteiger partial charge is 0.0915 e. The molecule has 0 saturated carbocycles. The van der Waals surface area contributed by atoms with E-state index in [4.69, 9.17) is 5.73 Å². The van der Waals surface area contributed by atoms with Crippen LogP contribution in [0.15, 0.2) is 22.7 Å². The molecule has 0 saturated heterocycles. The topological polar surface area (TPSA) is 46.2 Å². The van der Waals surface area contributed by atoms with Gasteiger partial charge in [0.05, 0.1) is 6.10 Å². The Hall–Kier alpha value is -0.380. The van der Waals surface area contributed by atoms with Crippen LogP contribution in [0.5, 0.6) is 0 Å². The Morgan fingerprint density at radius 3 is 2.83 bits per heavy atom. The summed E-state index contributed by atoms with van der Waals surface area (Å²) in [6.45, 7) is 2.22. The molecule has 1 aromatic rings. The number of hydrogen-bond donors (Lipinski definition) is 2. The Morgan fingerprint density at radius 2 is 2.25 bits per heavy atom. The van der Waals surface area contributed by atoms with Crippen molar-refractivity contribution in [3.63, 3.8) is 0 Å². The molecule has 0 amide bonds.